The number of nitrogens with one attached hydrogen (secondary N) is 1. The molecule has 0 spiro atoms. The Balaban J connectivity index is 3.16. The number of carbonyl (C=O) groups is 2. The first-order valence-corrected chi connectivity index (χ1v) is 6.27. The molecule has 0 aliphatic carbocycles. The number of Topliss-reactive ketones (excluding diaryl/α,β-unsaturated/α-hetero) is 1. The van der Waals surface area contributed by atoms with Crippen LogP contribution in [0.15, 0.2) is 0 Å². The molecule has 0 aromatic carbocycles. The van der Waals surface area contributed by atoms with E-state index < -0.39 is 0 Å². The predicted octanol–water partition coefficient (Wildman–Crippen LogP) is -0.876. The Morgan fingerprint density at radius 1 is 1.00 bits per heavy atom. The van der Waals surface area contributed by atoms with E-state index in [0.29, 0.717) is 39.4 Å². The van der Waals surface area contributed by atoms with E-state index in [1.54, 1.807) is 0 Å². The highest BCUT2D eigenvalue weighted by Crippen LogP contribution is 1.84. The number of aliphatic hydroxyl groups is 1. The third-order valence-electron chi connectivity index (χ3n) is 1.93. The molecule has 0 aromatic heterocycles. The molecule has 7 heteroatoms. The van der Waals surface area contributed by atoms with E-state index in [4.69, 9.17) is 19.3 Å². The van der Waals surface area contributed by atoms with Gasteiger partial charge in [0.1, 0.15) is 13.2 Å². The molecule has 0 heterocycles. The van der Waals surface area contributed by atoms with Gasteiger partial charge in [0.2, 0.25) is 5.91 Å². The minimum atomic E-state index is -0.243. The first-order valence-electron chi connectivity index (χ1n) is 6.27. The van der Waals surface area contributed by atoms with Crippen molar-refractivity contribution < 1.29 is 28.9 Å². The Kier molecular flexibility index (Phi) is 12.7. The van der Waals surface area contributed by atoms with Gasteiger partial charge < -0.3 is 24.6 Å². The zero-order valence-electron chi connectivity index (χ0n) is 11.4. The van der Waals surface area contributed by atoms with Crippen LogP contribution in [0.25, 0.3) is 0 Å². The van der Waals surface area contributed by atoms with Crippen LogP contribution in [-0.2, 0) is 23.8 Å². The summed E-state index contributed by atoms with van der Waals surface area (Å²) in [6, 6.07) is 0. The van der Waals surface area contributed by atoms with Crippen molar-refractivity contribution in [2.75, 3.05) is 52.8 Å². The number of ether oxygens (including phenoxy) is 3. The zero-order valence-corrected chi connectivity index (χ0v) is 11.4. The molecule has 0 fully saturated rings. The maximum absolute atomic E-state index is 11.2. The lowest BCUT2D eigenvalue weighted by molar-refractivity contribution is -0.129. The summed E-state index contributed by atoms with van der Waals surface area (Å²) < 4.78 is 15.1. The molecule has 0 atom stereocenters. The smallest absolute Gasteiger partial charge is 0.246 e. The normalized spacial score (nSPS) is 10.4. The Morgan fingerprint density at radius 3 is 2.32 bits per heavy atom. The highest BCUT2D eigenvalue weighted by Gasteiger charge is 2.01. The van der Waals surface area contributed by atoms with Crippen molar-refractivity contribution in [3.63, 3.8) is 0 Å². The molecule has 112 valence electrons. The summed E-state index contributed by atoms with van der Waals surface area (Å²) in [4.78, 5) is 21.8. The Hall–Kier alpha value is -1.02. The lowest BCUT2D eigenvalue weighted by atomic mass is 10.4. The Morgan fingerprint density at radius 2 is 1.68 bits per heavy atom. The van der Waals surface area contributed by atoms with Crippen LogP contribution in [0.1, 0.15) is 13.3 Å². The maximum Gasteiger partial charge on any atom is 0.246 e. The molecule has 0 aliphatic heterocycles. The molecular formula is C12H23NO6. The summed E-state index contributed by atoms with van der Waals surface area (Å²) in [6.07, 6.45) is 0.693. The molecule has 0 radical (unpaired) electrons. The van der Waals surface area contributed by atoms with Crippen LogP contribution in [0, 0.1) is 0 Å². The van der Waals surface area contributed by atoms with Crippen LogP contribution in [0.4, 0.5) is 0 Å². The summed E-state index contributed by atoms with van der Waals surface area (Å²) in [5, 5.41) is 11.1. The first-order chi connectivity index (χ1) is 9.16. The van der Waals surface area contributed by atoms with Crippen LogP contribution in [0.2, 0.25) is 0 Å². The number of carbonyl (C=O) groups excluding carboxylic acids is 2. The molecule has 0 rings (SSSR count). The van der Waals surface area contributed by atoms with E-state index in [1.807, 2.05) is 0 Å². The average molecular weight is 277 g/mol. The lowest BCUT2D eigenvalue weighted by Gasteiger charge is -2.06. The van der Waals surface area contributed by atoms with Crippen LogP contribution in [-0.4, -0.2) is 69.6 Å². The van der Waals surface area contributed by atoms with Crippen molar-refractivity contribution in [1.82, 2.24) is 5.32 Å². The van der Waals surface area contributed by atoms with E-state index in [1.165, 1.54) is 6.92 Å². The summed E-state index contributed by atoms with van der Waals surface area (Å²) in [6.45, 7) is 3.54. The third kappa shape index (κ3) is 14.9. The van der Waals surface area contributed by atoms with Gasteiger partial charge in [0.25, 0.3) is 0 Å². The van der Waals surface area contributed by atoms with Crippen molar-refractivity contribution in [2.24, 2.45) is 0 Å². The van der Waals surface area contributed by atoms with E-state index in [2.05, 4.69) is 5.32 Å². The van der Waals surface area contributed by atoms with Crippen molar-refractivity contribution >= 4 is 11.7 Å². The fourth-order valence-corrected chi connectivity index (χ4v) is 1.13. The molecule has 0 aromatic rings. The number of hydrogen-bond donors (Lipinski definition) is 2. The average Bonchev–Trinajstić information content (AvgIpc) is 2.36. The second-order valence-electron chi connectivity index (χ2n) is 3.85. The quantitative estimate of drug-likeness (QED) is 0.425. The molecule has 1 amide bonds. The predicted molar refractivity (Wildman–Crippen MR) is 67.9 cm³/mol. The third-order valence-corrected chi connectivity index (χ3v) is 1.93. The van der Waals surface area contributed by atoms with Gasteiger partial charge in [0.05, 0.1) is 26.4 Å². The van der Waals surface area contributed by atoms with Gasteiger partial charge in [-0.15, -0.1) is 0 Å². The van der Waals surface area contributed by atoms with E-state index >= 15 is 0 Å². The number of ketones is 1. The van der Waals surface area contributed by atoms with Gasteiger partial charge in [-0.1, -0.05) is 0 Å². The number of rotatable bonds is 13. The zero-order chi connectivity index (χ0) is 14.3. The fourth-order valence-electron chi connectivity index (χ4n) is 1.13. The standard InChI is InChI=1S/C12H23NO6/c1-11(15)9-19-10-12(16)13-3-2-5-17-7-8-18-6-4-14/h14H,2-10H2,1H3,(H,13,16). The molecule has 19 heavy (non-hydrogen) atoms. The van der Waals surface area contributed by atoms with E-state index in [0.717, 1.165) is 0 Å². The van der Waals surface area contributed by atoms with Gasteiger partial charge in [-0.2, -0.15) is 0 Å². The van der Waals surface area contributed by atoms with Gasteiger partial charge in [0, 0.05) is 13.2 Å². The van der Waals surface area contributed by atoms with Crippen molar-refractivity contribution in [1.29, 1.82) is 0 Å². The number of hydrogen-bond acceptors (Lipinski definition) is 6. The molecule has 7 nitrogen and oxygen atoms in total. The van der Waals surface area contributed by atoms with Crippen LogP contribution in [0.5, 0.6) is 0 Å². The first kappa shape index (κ1) is 18.0. The monoisotopic (exact) mass is 277 g/mol. The highest BCUT2D eigenvalue weighted by molar-refractivity contribution is 5.79. The van der Waals surface area contributed by atoms with Crippen LogP contribution < -0.4 is 5.32 Å². The highest BCUT2D eigenvalue weighted by atomic mass is 16.5. The minimum Gasteiger partial charge on any atom is -0.394 e. The number of aliphatic hydroxyl groups excluding tert-OH is 1. The SMILES string of the molecule is CC(=O)COCC(=O)NCCCOCCOCCO. The minimum absolute atomic E-state index is 0.0116. The molecule has 0 unspecified atom stereocenters. The van der Waals surface area contributed by atoms with Crippen LogP contribution in [0.3, 0.4) is 0 Å². The van der Waals surface area contributed by atoms with Crippen LogP contribution >= 0.6 is 0 Å². The second kappa shape index (κ2) is 13.4. The van der Waals surface area contributed by atoms with Gasteiger partial charge in [-0.3, -0.25) is 9.59 Å². The van der Waals surface area contributed by atoms with E-state index in [9.17, 15) is 9.59 Å². The van der Waals surface area contributed by atoms with Crippen molar-refractivity contribution in [3.05, 3.63) is 0 Å². The molecule has 0 saturated heterocycles. The Bertz CT molecular complexity index is 246. The number of amides is 1. The topological polar surface area (TPSA) is 94.1 Å². The molecular weight excluding hydrogens is 254 g/mol. The lowest BCUT2D eigenvalue weighted by Crippen LogP contribution is -2.29. The van der Waals surface area contributed by atoms with E-state index in [-0.39, 0.29) is 31.5 Å². The summed E-state index contributed by atoms with van der Waals surface area (Å²) in [7, 11) is 0. The Labute approximate surface area is 113 Å². The van der Waals surface area contributed by atoms with Gasteiger partial charge >= 0.3 is 0 Å². The fraction of sp³-hybridized carbons (Fsp3) is 0.833. The molecule has 0 aliphatic rings. The van der Waals surface area contributed by atoms with Crippen molar-refractivity contribution in [3.8, 4) is 0 Å². The second-order valence-corrected chi connectivity index (χ2v) is 3.85. The van der Waals surface area contributed by atoms with Crippen molar-refractivity contribution in [2.45, 2.75) is 13.3 Å². The summed E-state index contributed by atoms with van der Waals surface area (Å²) >= 11 is 0. The molecule has 0 saturated carbocycles. The van der Waals surface area contributed by atoms with Gasteiger partial charge in [-0.25, -0.2) is 0 Å². The summed E-state index contributed by atoms with van der Waals surface area (Å²) in [5.74, 6) is -0.350. The van der Waals surface area contributed by atoms with Gasteiger partial charge in [-0.05, 0) is 13.3 Å². The molecule has 2 N–H and O–H groups in total. The van der Waals surface area contributed by atoms with Gasteiger partial charge in [0.15, 0.2) is 5.78 Å². The molecule has 0 bridgehead atoms. The summed E-state index contributed by atoms with van der Waals surface area (Å²) in [5.41, 5.74) is 0. The maximum atomic E-state index is 11.2. The largest absolute Gasteiger partial charge is 0.394 e.